The second-order valence-corrected chi connectivity index (χ2v) is 8.62. The summed E-state index contributed by atoms with van der Waals surface area (Å²) in [5, 5.41) is 11.8. The van der Waals surface area contributed by atoms with Crippen LogP contribution in [0.3, 0.4) is 0 Å². The minimum atomic E-state index is -0.428. The topological polar surface area (TPSA) is 82.2 Å². The lowest BCUT2D eigenvalue weighted by atomic mass is 10.2. The summed E-state index contributed by atoms with van der Waals surface area (Å²) in [5.74, 6) is 1.64. The first-order valence-electron chi connectivity index (χ1n) is 10.3. The van der Waals surface area contributed by atoms with Gasteiger partial charge < -0.3 is 14.5 Å². The van der Waals surface area contributed by atoms with Crippen LogP contribution in [0, 0.1) is 5.82 Å². The highest BCUT2D eigenvalue weighted by Crippen LogP contribution is 2.29. The van der Waals surface area contributed by atoms with Gasteiger partial charge >= 0.3 is 0 Å². The van der Waals surface area contributed by atoms with Crippen LogP contribution >= 0.6 is 11.8 Å². The summed E-state index contributed by atoms with van der Waals surface area (Å²) in [6.45, 7) is 2.54. The molecule has 9 heteroatoms. The number of nitrogens with zero attached hydrogens (tertiary/aromatic N) is 3. The number of halogens is 1. The lowest BCUT2D eigenvalue weighted by Gasteiger charge is -2.13. The molecule has 0 radical (unpaired) electrons. The van der Waals surface area contributed by atoms with Crippen LogP contribution in [0.4, 0.5) is 4.39 Å². The minimum absolute atomic E-state index is 0.153. The molecule has 1 unspecified atom stereocenters. The normalized spacial score (nSPS) is 11.8. The van der Waals surface area contributed by atoms with Gasteiger partial charge in [0.25, 0.3) is 0 Å². The van der Waals surface area contributed by atoms with Gasteiger partial charge in [0.2, 0.25) is 5.91 Å². The van der Waals surface area contributed by atoms with E-state index in [0.717, 1.165) is 16.9 Å². The molecule has 0 saturated heterocycles. The van der Waals surface area contributed by atoms with Crippen molar-refractivity contribution < 1.29 is 18.3 Å². The molecule has 7 nitrogen and oxygen atoms in total. The molecule has 0 spiro atoms. The van der Waals surface area contributed by atoms with Gasteiger partial charge in [-0.15, -0.1) is 10.2 Å². The highest BCUT2D eigenvalue weighted by Gasteiger charge is 2.22. The van der Waals surface area contributed by atoms with E-state index in [1.807, 2.05) is 47.9 Å². The van der Waals surface area contributed by atoms with Crippen LogP contribution in [-0.2, 0) is 17.9 Å². The Labute approximate surface area is 195 Å². The minimum Gasteiger partial charge on any atom is -0.497 e. The van der Waals surface area contributed by atoms with Crippen LogP contribution in [0.25, 0.3) is 11.4 Å². The number of benzene rings is 2. The van der Waals surface area contributed by atoms with Crippen LogP contribution in [0.15, 0.2) is 76.5 Å². The van der Waals surface area contributed by atoms with Crippen molar-refractivity contribution in [1.29, 1.82) is 0 Å². The molecule has 0 aliphatic heterocycles. The molecule has 0 fully saturated rings. The van der Waals surface area contributed by atoms with Crippen molar-refractivity contribution in [3.05, 3.63) is 84.1 Å². The molecule has 1 N–H and O–H groups in total. The molecule has 2 aromatic carbocycles. The third-order valence-corrected chi connectivity index (χ3v) is 6.05. The van der Waals surface area contributed by atoms with Crippen LogP contribution in [0.2, 0.25) is 0 Å². The van der Waals surface area contributed by atoms with Crippen LogP contribution in [0.1, 0.15) is 18.2 Å². The Morgan fingerprint density at radius 3 is 2.73 bits per heavy atom. The first-order valence-corrected chi connectivity index (χ1v) is 11.2. The lowest BCUT2D eigenvalue weighted by Crippen LogP contribution is -2.30. The van der Waals surface area contributed by atoms with Crippen LogP contribution in [0.5, 0.6) is 5.75 Å². The molecule has 2 aromatic heterocycles. The molecular formula is C24H23FN4O3S. The van der Waals surface area contributed by atoms with E-state index in [9.17, 15) is 9.18 Å². The van der Waals surface area contributed by atoms with Gasteiger partial charge in [-0.1, -0.05) is 36.0 Å². The van der Waals surface area contributed by atoms with Crippen molar-refractivity contribution in [2.45, 2.75) is 30.4 Å². The van der Waals surface area contributed by atoms with Crippen molar-refractivity contribution in [2.75, 3.05) is 7.11 Å². The van der Waals surface area contributed by atoms with Crippen molar-refractivity contribution in [3.8, 4) is 17.1 Å². The average Bonchev–Trinajstić information content (AvgIpc) is 3.49. The number of rotatable bonds is 9. The van der Waals surface area contributed by atoms with E-state index in [0.29, 0.717) is 29.8 Å². The molecule has 33 heavy (non-hydrogen) atoms. The highest BCUT2D eigenvalue weighted by atomic mass is 32.2. The summed E-state index contributed by atoms with van der Waals surface area (Å²) in [6.07, 6.45) is 1.61. The molecular weight excluding hydrogens is 443 g/mol. The molecule has 2 heterocycles. The largest absolute Gasteiger partial charge is 0.497 e. The van der Waals surface area contributed by atoms with Crippen molar-refractivity contribution >= 4 is 17.7 Å². The van der Waals surface area contributed by atoms with Gasteiger partial charge in [0.1, 0.15) is 17.3 Å². The number of carbonyl (C=O) groups excluding carboxylic acids is 1. The Morgan fingerprint density at radius 1 is 1.18 bits per heavy atom. The van der Waals surface area contributed by atoms with Gasteiger partial charge in [-0.05, 0) is 48.9 Å². The summed E-state index contributed by atoms with van der Waals surface area (Å²) < 4.78 is 25.9. The number of hydrogen-bond acceptors (Lipinski definition) is 6. The smallest absolute Gasteiger partial charge is 0.233 e. The van der Waals surface area contributed by atoms with Gasteiger partial charge in [0, 0.05) is 12.1 Å². The second kappa shape index (κ2) is 10.4. The predicted molar refractivity (Wildman–Crippen MR) is 123 cm³/mol. The Morgan fingerprint density at radius 2 is 2.00 bits per heavy atom. The molecule has 0 saturated carbocycles. The van der Waals surface area contributed by atoms with E-state index >= 15 is 0 Å². The molecule has 1 amide bonds. The number of carbonyl (C=O) groups is 1. The fourth-order valence-corrected chi connectivity index (χ4v) is 4.07. The molecule has 4 aromatic rings. The summed E-state index contributed by atoms with van der Waals surface area (Å²) in [6, 6.07) is 17.3. The Balaban J connectivity index is 1.52. The van der Waals surface area contributed by atoms with E-state index in [1.54, 1.807) is 25.5 Å². The van der Waals surface area contributed by atoms with Crippen molar-refractivity contribution in [1.82, 2.24) is 20.1 Å². The maximum Gasteiger partial charge on any atom is 0.233 e. The Bertz CT molecular complexity index is 1210. The number of ether oxygens (including phenoxy) is 1. The molecule has 170 valence electrons. The van der Waals surface area contributed by atoms with Crippen molar-refractivity contribution in [3.63, 3.8) is 0 Å². The zero-order valence-electron chi connectivity index (χ0n) is 18.2. The zero-order valence-corrected chi connectivity index (χ0v) is 19.0. The highest BCUT2D eigenvalue weighted by molar-refractivity contribution is 8.00. The number of furan rings is 1. The molecule has 0 aliphatic carbocycles. The van der Waals surface area contributed by atoms with Crippen LogP contribution in [-0.4, -0.2) is 33.0 Å². The number of amides is 1. The van der Waals surface area contributed by atoms with E-state index in [2.05, 4.69) is 15.5 Å². The number of nitrogens with one attached hydrogen (secondary N) is 1. The zero-order chi connectivity index (χ0) is 23.2. The number of hydrogen-bond donors (Lipinski definition) is 1. The molecule has 0 bridgehead atoms. The molecule has 4 rings (SSSR count). The fraction of sp³-hybridized carbons (Fsp3) is 0.208. The average molecular weight is 467 g/mol. The predicted octanol–water partition coefficient (Wildman–Crippen LogP) is 4.53. The summed E-state index contributed by atoms with van der Waals surface area (Å²) >= 11 is 1.31. The quantitative estimate of drug-likeness (QED) is 0.365. The standard InChI is InChI=1S/C24H23FN4O3S/c1-16(23(30)26-14-17-8-10-19(25)11-9-17)33-24-28-27-22(18-5-3-6-20(13-18)31-2)29(24)15-21-7-4-12-32-21/h3-13,16H,14-15H2,1-2H3,(H,26,30). The number of methoxy groups -OCH3 is 1. The number of aromatic nitrogens is 3. The van der Waals surface area contributed by atoms with E-state index in [4.69, 9.17) is 9.15 Å². The van der Waals surface area contributed by atoms with Gasteiger partial charge in [-0.2, -0.15) is 0 Å². The number of thioether (sulfide) groups is 1. The van der Waals surface area contributed by atoms with E-state index < -0.39 is 5.25 Å². The maximum absolute atomic E-state index is 13.1. The van der Waals surface area contributed by atoms with Gasteiger partial charge in [0.15, 0.2) is 11.0 Å². The SMILES string of the molecule is COc1cccc(-c2nnc(SC(C)C(=O)NCc3ccc(F)cc3)n2Cc2ccco2)c1. The first-order chi connectivity index (χ1) is 16.0. The summed E-state index contributed by atoms with van der Waals surface area (Å²) in [7, 11) is 1.61. The van der Waals surface area contributed by atoms with Gasteiger partial charge in [0.05, 0.1) is 25.2 Å². The first kappa shape index (κ1) is 22.6. The van der Waals surface area contributed by atoms with Gasteiger partial charge in [-0.25, -0.2) is 4.39 Å². The maximum atomic E-state index is 13.1. The van der Waals surface area contributed by atoms with Gasteiger partial charge in [-0.3, -0.25) is 9.36 Å². The monoisotopic (exact) mass is 466 g/mol. The third kappa shape index (κ3) is 5.61. The van der Waals surface area contributed by atoms with E-state index in [-0.39, 0.29) is 11.7 Å². The lowest BCUT2D eigenvalue weighted by molar-refractivity contribution is -0.120. The summed E-state index contributed by atoms with van der Waals surface area (Å²) in [5.41, 5.74) is 1.66. The van der Waals surface area contributed by atoms with E-state index in [1.165, 1.54) is 23.9 Å². The fourth-order valence-electron chi connectivity index (χ4n) is 3.20. The summed E-state index contributed by atoms with van der Waals surface area (Å²) in [4.78, 5) is 12.7. The Kier molecular flexibility index (Phi) is 7.09. The molecule has 0 aliphatic rings. The van der Waals surface area contributed by atoms with Crippen LogP contribution < -0.4 is 10.1 Å². The van der Waals surface area contributed by atoms with Crippen molar-refractivity contribution in [2.24, 2.45) is 0 Å². The molecule has 1 atom stereocenters. The third-order valence-electron chi connectivity index (χ3n) is 4.97. The second-order valence-electron chi connectivity index (χ2n) is 7.31. The Hall–Kier alpha value is -3.59.